The number of sulfone groups is 1. The Balaban J connectivity index is 2.51. The summed E-state index contributed by atoms with van der Waals surface area (Å²) >= 11 is 0. The second-order valence-corrected chi connectivity index (χ2v) is 6.49. The number of carboxylic acids is 1. The molecule has 0 aliphatic heterocycles. The van der Waals surface area contributed by atoms with Crippen molar-refractivity contribution >= 4 is 15.8 Å². The fourth-order valence-corrected chi connectivity index (χ4v) is 3.38. The summed E-state index contributed by atoms with van der Waals surface area (Å²) in [6.07, 6.45) is 1.42. The minimum absolute atomic E-state index is 0.121. The van der Waals surface area contributed by atoms with E-state index in [0.29, 0.717) is 0 Å². The summed E-state index contributed by atoms with van der Waals surface area (Å²) in [5.74, 6) is -2.76. The fraction of sp³-hybridized carbons (Fsp3) is 0.250. The molecule has 1 N–H and O–H groups in total. The van der Waals surface area contributed by atoms with E-state index in [9.17, 15) is 17.6 Å². The Morgan fingerprint density at radius 2 is 2.10 bits per heavy atom. The molecule has 9 heteroatoms. The number of aromatic nitrogens is 3. The van der Waals surface area contributed by atoms with Gasteiger partial charge in [0.2, 0.25) is 0 Å². The maximum absolute atomic E-state index is 13.7. The molecule has 21 heavy (non-hydrogen) atoms. The number of carbonyl (C=O) groups is 1. The van der Waals surface area contributed by atoms with Gasteiger partial charge in [0, 0.05) is 18.8 Å². The summed E-state index contributed by atoms with van der Waals surface area (Å²) in [6, 6.07) is 1.74. The molecular weight excluding hydrogens is 301 g/mol. The number of aryl methyl sites for hydroxylation is 1. The molecule has 0 saturated heterocycles. The average molecular weight is 313 g/mol. The van der Waals surface area contributed by atoms with Crippen LogP contribution in [0.1, 0.15) is 21.6 Å². The van der Waals surface area contributed by atoms with Crippen molar-refractivity contribution in [3.8, 4) is 0 Å². The van der Waals surface area contributed by atoms with E-state index in [1.165, 1.54) is 17.8 Å². The maximum atomic E-state index is 13.7. The Hall–Kier alpha value is -2.29. The highest BCUT2D eigenvalue weighted by Gasteiger charge is 2.23. The van der Waals surface area contributed by atoms with Crippen molar-refractivity contribution in [2.75, 3.05) is 0 Å². The first-order valence-electron chi connectivity index (χ1n) is 5.82. The summed E-state index contributed by atoms with van der Waals surface area (Å²) < 4.78 is 39.7. The zero-order valence-electron chi connectivity index (χ0n) is 11.2. The van der Waals surface area contributed by atoms with Gasteiger partial charge in [0.1, 0.15) is 11.6 Å². The quantitative estimate of drug-likeness (QED) is 0.901. The second kappa shape index (κ2) is 5.24. The number of carboxylic acid groups (broad SMARTS) is 1. The van der Waals surface area contributed by atoms with E-state index in [-0.39, 0.29) is 16.2 Å². The van der Waals surface area contributed by atoms with Crippen molar-refractivity contribution in [2.24, 2.45) is 7.05 Å². The first kappa shape index (κ1) is 15.1. The summed E-state index contributed by atoms with van der Waals surface area (Å²) in [5.41, 5.74) is -0.349. The smallest absolute Gasteiger partial charge is 0.335 e. The molecule has 1 aromatic carbocycles. The summed E-state index contributed by atoms with van der Waals surface area (Å²) in [4.78, 5) is 10.6. The summed E-state index contributed by atoms with van der Waals surface area (Å²) in [5, 5.41) is 16.2. The molecule has 0 amide bonds. The van der Waals surface area contributed by atoms with Crippen LogP contribution in [0, 0.1) is 12.7 Å². The van der Waals surface area contributed by atoms with Gasteiger partial charge < -0.3 is 5.11 Å². The van der Waals surface area contributed by atoms with Crippen LogP contribution < -0.4 is 0 Å². The van der Waals surface area contributed by atoms with Crippen molar-refractivity contribution in [1.82, 2.24) is 15.0 Å². The number of hydrogen-bond acceptors (Lipinski definition) is 5. The molecule has 112 valence electrons. The van der Waals surface area contributed by atoms with Crippen LogP contribution in [-0.2, 0) is 22.6 Å². The number of rotatable bonds is 4. The summed E-state index contributed by atoms with van der Waals surface area (Å²) in [6.45, 7) is 1.28. The van der Waals surface area contributed by atoms with Gasteiger partial charge in [-0.25, -0.2) is 17.6 Å². The highest BCUT2D eigenvalue weighted by atomic mass is 32.2. The first-order valence-corrected chi connectivity index (χ1v) is 7.47. The van der Waals surface area contributed by atoms with Gasteiger partial charge in [-0.1, -0.05) is 5.21 Å². The molecule has 0 fully saturated rings. The zero-order chi connectivity index (χ0) is 15.8. The third-order valence-electron chi connectivity index (χ3n) is 2.87. The predicted octanol–water partition coefficient (Wildman–Crippen LogP) is 0.935. The van der Waals surface area contributed by atoms with Crippen molar-refractivity contribution in [3.05, 3.63) is 41.0 Å². The largest absolute Gasteiger partial charge is 0.478 e. The molecule has 0 saturated carbocycles. The van der Waals surface area contributed by atoms with Crippen molar-refractivity contribution in [1.29, 1.82) is 0 Å². The van der Waals surface area contributed by atoms with E-state index < -0.39 is 32.9 Å². The molecule has 2 rings (SSSR count). The number of halogens is 1. The van der Waals surface area contributed by atoms with Crippen LogP contribution in [0.5, 0.6) is 0 Å². The van der Waals surface area contributed by atoms with Gasteiger partial charge in [0.25, 0.3) is 0 Å². The van der Waals surface area contributed by atoms with Crippen molar-refractivity contribution in [2.45, 2.75) is 17.6 Å². The molecule has 0 bridgehead atoms. The summed E-state index contributed by atoms with van der Waals surface area (Å²) in [7, 11) is -2.35. The maximum Gasteiger partial charge on any atom is 0.335 e. The van der Waals surface area contributed by atoms with Gasteiger partial charge in [-0.15, -0.1) is 5.10 Å². The van der Waals surface area contributed by atoms with E-state index in [1.54, 1.807) is 7.05 Å². The van der Waals surface area contributed by atoms with Crippen LogP contribution in [-0.4, -0.2) is 34.5 Å². The lowest BCUT2D eigenvalue weighted by molar-refractivity contribution is 0.0696. The monoisotopic (exact) mass is 313 g/mol. The highest BCUT2D eigenvalue weighted by molar-refractivity contribution is 7.90. The molecule has 0 aliphatic carbocycles. The lowest BCUT2D eigenvalue weighted by atomic mass is 10.1. The Kier molecular flexibility index (Phi) is 3.77. The Labute approximate surface area is 119 Å². The Morgan fingerprint density at radius 3 is 2.62 bits per heavy atom. The van der Waals surface area contributed by atoms with Crippen LogP contribution >= 0.6 is 0 Å². The number of benzene rings is 1. The van der Waals surface area contributed by atoms with Gasteiger partial charge >= 0.3 is 5.97 Å². The van der Waals surface area contributed by atoms with Crippen LogP contribution in [0.2, 0.25) is 0 Å². The average Bonchev–Trinajstić information content (AvgIpc) is 2.76. The molecule has 2 aromatic rings. The molecule has 7 nitrogen and oxygen atoms in total. The second-order valence-electron chi connectivity index (χ2n) is 4.53. The van der Waals surface area contributed by atoms with Gasteiger partial charge in [0.05, 0.1) is 16.2 Å². The standard InChI is InChI=1S/C12H12FN3O4S/c1-7-10(13)3-8(12(17)18)4-11(7)21(19,20)6-9-5-16(2)15-14-9/h3-5H,6H2,1-2H3,(H,17,18). The minimum atomic E-state index is -3.93. The van der Waals surface area contributed by atoms with Gasteiger partial charge in [-0.3, -0.25) is 4.68 Å². The van der Waals surface area contributed by atoms with Crippen molar-refractivity contribution in [3.63, 3.8) is 0 Å². The number of hydrogen-bond donors (Lipinski definition) is 1. The Bertz CT molecular complexity index is 814. The molecule has 0 atom stereocenters. The number of nitrogens with zero attached hydrogens (tertiary/aromatic N) is 3. The van der Waals surface area contributed by atoms with E-state index >= 15 is 0 Å². The van der Waals surface area contributed by atoms with Gasteiger partial charge in [-0.05, 0) is 19.1 Å². The fourth-order valence-electron chi connectivity index (χ4n) is 1.83. The molecule has 0 aliphatic rings. The lowest BCUT2D eigenvalue weighted by Gasteiger charge is -2.08. The predicted molar refractivity (Wildman–Crippen MR) is 70.0 cm³/mol. The zero-order valence-corrected chi connectivity index (χ0v) is 12.1. The third-order valence-corrected chi connectivity index (χ3v) is 4.64. The third kappa shape index (κ3) is 3.07. The normalized spacial score (nSPS) is 11.6. The van der Waals surface area contributed by atoms with Gasteiger partial charge in [-0.2, -0.15) is 0 Å². The molecule has 0 unspecified atom stereocenters. The van der Waals surface area contributed by atoms with Crippen LogP contribution in [0.3, 0.4) is 0 Å². The van der Waals surface area contributed by atoms with Crippen molar-refractivity contribution < 1.29 is 22.7 Å². The van der Waals surface area contributed by atoms with E-state index in [4.69, 9.17) is 5.11 Å². The van der Waals surface area contributed by atoms with Crippen LogP contribution in [0.4, 0.5) is 4.39 Å². The Morgan fingerprint density at radius 1 is 1.43 bits per heavy atom. The lowest BCUT2D eigenvalue weighted by Crippen LogP contribution is -2.10. The molecular formula is C12H12FN3O4S. The topological polar surface area (TPSA) is 102 Å². The van der Waals surface area contributed by atoms with Gasteiger partial charge in [0.15, 0.2) is 9.84 Å². The van der Waals surface area contributed by atoms with E-state index in [1.807, 2.05) is 0 Å². The highest BCUT2D eigenvalue weighted by Crippen LogP contribution is 2.23. The van der Waals surface area contributed by atoms with Crippen LogP contribution in [0.25, 0.3) is 0 Å². The van der Waals surface area contributed by atoms with E-state index in [2.05, 4.69) is 10.3 Å². The molecule has 0 radical (unpaired) electrons. The molecule has 1 aromatic heterocycles. The number of aromatic carboxylic acids is 1. The molecule has 0 spiro atoms. The minimum Gasteiger partial charge on any atom is -0.478 e. The first-order chi connectivity index (χ1) is 9.70. The molecule has 1 heterocycles. The SMILES string of the molecule is Cc1c(F)cc(C(=O)O)cc1S(=O)(=O)Cc1cn(C)nn1. The van der Waals surface area contributed by atoms with E-state index in [0.717, 1.165) is 12.1 Å². The van der Waals surface area contributed by atoms with Crippen LogP contribution in [0.15, 0.2) is 23.2 Å².